The standard InChI is InChI=1S/C12H14F2N2O3/c1-3-4-7(2)15-12(17)8-5-10(14)11(16(18)19)6-9(8)13/h5-7H,3-4H2,1-2H3,(H,15,17). The molecule has 0 spiro atoms. The molecule has 7 heteroatoms. The average molecular weight is 272 g/mol. The molecule has 0 aliphatic heterocycles. The minimum Gasteiger partial charge on any atom is -0.349 e. The van der Waals surface area contributed by atoms with Crippen molar-refractivity contribution in [2.24, 2.45) is 0 Å². The van der Waals surface area contributed by atoms with Crippen LogP contribution in [0.1, 0.15) is 37.0 Å². The van der Waals surface area contributed by atoms with Gasteiger partial charge in [0.2, 0.25) is 5.82 Å². The third-order valence-corrected chi connectivity index (χ3v) is 2.58. The molecular formula is C12H14F2N2O3. The molecule has 0 bridgehead atoms. The van der Waals surface area contributed by atoms with Gasteiger partial charge in [-0.3, -0.25) is 14.9 Å². The molecule has 0 aliphatic rings. The highest BCUT2D eigenvalue weighted by Gasteiger charge is 2.22. The quantitative estimate of drug-likeness (QED) is 0.661. The number of nitrogens with zero attached hydrogens (tertiary/aromatic N) is 1. The maximum Gasteiger partial charge on any atom is 0.307 e. The zero-order valence-corrected chi connectivity index (χ0v) is 10.6. The van der Waals surface area contributed by atoms with Crippen molar-refractivity contribution in [2.75, 3.05) is 0 Å². The average Bonchev–Trinajstić information content (AvgIpc) is 2.31. The van der Waals surface area contributed by atoms with Crippen LogP contribution in [0.4, 0.5) is 14.5 Å². The summed E-state index contributed by atoms with van der Waals surface area (Å²) in [6.07, 6.45) is 1.53. The van der Waals surface area contributed by atoms with E-state index in [0.717, 1.165) is 6.42 Å². The Morgan fingerprint density at radius 1 is 1.42 bits per heavy atom. The monoisotopic (exact) mass is 272 g/mol. The minimum atomic E-state index is -1.24. The first-order valence-corrected chi connectivity index (χ1v) is 5.81. The Labute approximate surface area is 108 Å². The zero-order valence-electron chi connectivity index (χ0n) is 10.6. The Kier molecular flexibility index (Phi) is 4.91. The van der Waals surface area contributed by atoms with Crippen molar-refractivity contribution >= 4 is 11.6 Å². The van der Waals surface area contributed by atoms with Gasteiger partial charge in [0.1, 0.15) is 5.82 Å². The van der Waals surface area contributed by atoms with Gasteiger partial charge >= 0.3 is 5.69 Å². The SMILES string of the molecule is CCCC(C)NC(=O)c1cc(F)c([N+](=O)[O-])cc1F. The van der Waals surface area contributed by atoms with Crippen LogP contribution in [0.5, 0.6) is 0 Å². The molecule has 1 aromatic rings. The number of carbonyl (C=O) groups excluding carboxylic acids is 1. The van der Waals surface area contributed by atoms with E-state index in [1.54, 1.807) is 6.92 Å². The number of benzene rings is 1. The highest BCUT2D eigenvalue weighted by Crippen LogP contribution is 2.21. The normalized spacial score (nSPS) is 12.0. The van der Waals surface area contributed by atoms with E-state index in [0.29, 0.717) is 18.6 Å². The lowest BCUT2D eigenvalue weighted by Gasteiger charge is -2.13. The first-order valence-electron chi connectivity index (χ1n) is 5.81. The Balaban J connectivity index is 2.99. The molecule has 1 atom stereocenters. The summed E-state index contributed by atoms with van der Waals surface area (Å²) in [5, 5.41) is 12.9. The fourth-order valence-corrected chi connectivity index (χ4v) is 1.66. The van der Waals surface area contributed by atoms with Crippen molar-refractivity contribution < 1.29 is 18.5 Å². The van der Waals surface area contributed by atoms with E-state index in [9.17, 15) is 23.7 Å². The molecule has 0 fully saturated rings. The molecule has 1 N–H and O–H groups in total. The largest absolute Gasteiger partial charge is 0.349 e. The highest BCUT2D eigenvalue weighted by atomic mass is 19.1. The van der Waals surface area contributed by atoms with Gasteiger partial charge in [0.25, 0.3) is 5.91 Å². The summed E-state index contributed by atoms with van der Waals surface area (Å²) >= 11 is 0. The molecule has 5 nitrogen and oxygen atoms in total. The van der Waals surface area contributed by atoms with Gasteiger partial charge in [0.05, 0.1) is 16.6 Å². The summed E-state index contributed by atoms with van der Waals surface area (Å²) < 4.78 is 26.9. The number of nitrogens with one attached hydrogen (secondary N) is 1. The molecule has 1 unspecified atom stereocenters. The van der Waals surface area contributed by atoms with Crippen LogP contribution in [0.2, 0.25) is 0 Å². The van der Waals surface area contributed by atoms with Crippen molar-refractivity contribution in [2.45, 2.75) is 32.7 Å². The third kappa shape index (κ3) is 3.70. The van der Waals surface area contributed by atoms with Crippen LogP contribution < -0.4 is 5.32 Å². The van der Waals surface area contributed by atoms with Crippen LogP contribution in [-0.2, 0) is 0 Å². The molecule has 0 heterocycles. The lowest BCUT2D eigenvalue weighted by Crippen LogP contribution is -2.33. The Morgan fingerprint density at radius 2 is 2.05 bits per heavy atom. The van der Waals surface area contributed by atoms with Crippen LogP contribution in [0, 0.1) is 21.7 Å². The topological polar surface area (TPSA) is 72.2 Å². The molecular weight excluding hydrogens is 258 g/mol. The number of hydrogen-bond acceptors (Lipinski definition) is 3. The number of nitro groups is 1. The van der Waals surface area contributed by atoms with E-state index in [1.807, 2.05) is 6.92 Å². The minimum absolute atomic E-state index is 0.185. The maximum atomic E-state index is 13.5. The van der Waals surface area contributed by atoms with Gasteiger partial charge < -0.3 is 5.32 Å². The predicted molar refractivity (Wildman–Crippen MR) is 64.8 cm³/mol. The van der Waals surface area contributed by atoms with E-state index >= 15 is 0 Å². The molecule has 0 saturated carbocycles. The van der Waals surface area contributed by atoms with Gasteiger partial charge in [-0.05, 0) is 19.4 Å². The smallest absolute Gasteiger partial charge is 0.307 e. The molecule has 1 amide bonds. The Hall–Kier alpha value is -2.05. The van der Waals surface area contributed by atoms with Gasteiger partial charge in [0, 0.05) is 6.04 Å². The second-order valence-electron chi connectivity index (χ2n) is 4.20. The van der Waals surface area contributed by atoms with Gasteiger partial charge in [-0.15, -0.1) is 0 Å². The van der Waals surface area contributed by atoms with Crippen LogP contribution in [-0.4, -0.2) is 16.9 Å². The van der Waals surface area contributed by atoms with E-state index in [1.165, 1.54) is 0 Å². The number of carbonyl (C=O) groups is 1. The van der Waals surface area contributed by atoms with E-state index < -0.39 is 33.7 Å². The molecule has 1 rings (SSSR count). The van der Waals surface area contributed by atoms with Crippen molar-refractivity contribution in [1.29, 1.82) is 0 Å². The number of amides is 1. The summed E-state index contributed by atoms with van der Waals surface area (Å²) in [7, 11) is 0. The number of rotatable bonds is 5. The fourth-order valence-electron chi connectivity index (χ4n) is 1.66. The molecule has 0 aromatic heterocycles. The maximum absolute atomic E-state index is 13.5. The second-order valence-corrected chi connectivity index (χ2v) is 4.20. The van der Waals surface area contributed by atoms with Gasteiger partial charge in [-0.25, -0.2) is 4.39 Å². The molecule has 0 radical (unpaired) electrons. The first-order chi connectivity index (χ1) is 8.86. The van der Waals surface area contributed by atoms with Crippen molar-refractivity contribution in [3.63, 3.8) is 0 Å². The number of hydrogen-bond donors (Lipinski definition) is 1. The lowest BCUT2D eigenvalue weighted by molar-refractivity contribution is -0.387. The summed E-state index contributed by atoms with van der Waals surface area (Å²) in [5.74, 6) is -3.14. The number of halogens is 2. The fraction of sp³-hybridized carbons (Fsp3) is 0.417. The lowest BCUT2D eigenvalue weighted by atomic mass is 10.1. The summed E-state index contributed by atoms with van der Waals surface area (Å²) in [4.78, 5) is 21.1. The highest BCUT2D eigenvalue weighted by molar-refractivity contribution is 5.94. The predicted octanol–water partition coefficient (Wildman–Crippen LogP) is 2.79. The van der Waals surface area contributed by atoms with Crippen molar-refractivity contribution in [1.82, 2.24) is 5.32 Å². The van der Waals surface area contributed by atoms with Crippen LogP contribution >= 0.6 is 0 Å². The zero-order chi connectivity index (χ0) is 14.6. The van der Waals surface area contributed by atoms with Crippen LogP contribution in [0.15, 0.2) is 12.1 Å². The van der Waals surface area contributed by atoms with E-state index in [4.69, 9.17) is 0 Å². The van der Waals surface area contributed by atoms with Gasteiger partial charge in [-0.1, -0.05) is 13.3 Å². The molecule has 0 aliphatic carbocycles. The van der Waals surface area contributed by atoms with Crippen LogP contribution in [0.3, 0.4) is 0 Å². The van der Waals surface area contributed by atoms with Gasteiger partial charge in [-0.2, -0.15) is 4.39 Å². The van der Waals surface area contributed by atoms with Gasteiger partial charge in [0.15, 0.2) is 0 Å². The van der Waals surface area contributed by atoms with E-state index in [-0.39, 0.29) is 6.04 Å². The summed E-state index contributed by atoms with van der Waals surface area (Å²) in [6.45, 7) is 3.66. The first kappa shape index (κ1) is 15.0. The molecule has 1 aromatic carbocycles. The van der Waals surface area contributed by atoms with Crippen molar-refractivity contribution in [3.8, 4) is 0 Å². The van der Waals surface area contributed by atoms with Crippen molar-refractivity contribution in [3.05, 3.63) is 39.4 Å². The molecule has 19 heavy (non-hydrogen) atoms. The Morgan fingerprint density at radius 3 is 2.58 bits per heavy atom. The van der Waals surface area contributed by atoms with E-state index in [2.05, 4.69) is 5.32 Å². The molecule has 0 saturated heterocycles. The second kappa shape index (κ2) is 6.21. The summed E-state index contributed by atoms with van der Waals surface area (Å²) in [6, 6.07) is 0.770. The van der Waals surface area contributed by atoms with Crippen LogP contribution in [0.25, 0.3) is 0 Å². The Bertz CT molecular complexity index is 506. The molecule has 104 valence electrons. The number of nitro benzene ring substituents is 1. The summed E-state index contributed by atoms with van der Waals surface area (Å²) in [5.41, 5.74) is -1.53. The third-order valence-electron chi connectivity index (χ3n) is 2.58.